The first kappa shape index (κ1) is 14.5. The predicted octanol–water partition coefficient (Wildman–Crippen LogP) is 1.70. The fourth-order valence-corrected chi connectivity index (χ4v) is 2.83. The van der Waals surface area contributed by atoms with Gasteiger partial charge in [-0.2, -0.15) is 0 Å². The van der Waals surface area contributed by atoms with E-state index in [1.165, 1.54) is 18.3 Å². The van der Waals surface area contributed by atoms with Crippen molar-refractivity contribution in [2.75, 3.05) is 5.73 Å². The smallest absolute Gasteiger partial charge is 0.242 e. The lowest BCUT2D eigenvalue weighted by Crippen LogP contribution is -2.24. The zero-order valence-corrected chi connectivity index (χ0v) is 12.0. The molecule has 0 saturated heterocycles. The maximum Gasteiger partial charge on any atom is 0.242 e. The lowest BCUT2D eigenvalue weighted by molar-refractivity contribution is 0.580. The summed E-state index contributed by atoms with van der Waals surface area (Å²) >= 11 is 0. The van der Waals surface area contributed by atoms with Crippen LogP contribution >= 0.6 is 0 Å². The van der Waals surface area contributed by atoms with Gasteiger partial charge in [-0.1, -0.05) is 31.2 Å². The van der Waals surface area contributed by atoms with Gasteiger partial charge in [-0.25, -0.2) is 18.1 Å². The van der Waals surface area contributed by atoms with Crippen LogP contribution in [0.4, 0.5) is 5.82 Å². The van der Waals surface area contributed by atoms with Gasteiger partial charge in [-0.15, -0.1) is 0 Å². The van der Waals surface area contributed by atoms with E-state index >= 15 is 0 Å². The van der Waals surface area contributed by atoms with Crippen LogP contribution in [-0.2, 0) is 23.0 Å². The van der Waals surface area contributed by atoms with Crippen molar-refractivity contribution >= 4 is 15.8 Å². The molecular weight excluding hydrogens is 274 g/mol. The van der Waals surface area contributed by atoms with Crippen molar-refractivity contribution in [1.82, 2.24) is 9.71 Å². The Bertz CT molecular complexity index is 682. The number of sulfonamides is 1. The molecule has 5 nitrogen and oxygen atoms in total. The van der Waals surface area contributed by atoms with Gasteiger partial charge in [0.25, 0.3) is 0 Å². The van der Waals surface area contributed by atoms with Crippen LogP contribution in [0.2, 0.25) is 0 Å². The highest BCUT2D eigenvalue weighted by Gasteiger charge is 2.14. The van der Waals surface area contributed by atoms with Crippen LogP contribution < -0.4 is 10.5 Å². The SMILES string of the molecule is CCc1ccccc1CNS(=O)(=O)c1ccc(N)nc1. The van der Waals surface area contributed by atoms with Crippen LogP contribution in [0, 0.1) is 0 Å². The van der Waals surface area contributed by atoms with Gasteiger partial charge in [0.2, 0.25) is 10.0 Å². The zero-order valence-electron chi connectivity index (χ0n) is 11.2. The number of hydrogen-bond acceptors (Lipinski definition) is 4. The molecule has 0 spiro atoms. The molecule has 6 heteroatoms. The summed E-state index contributed by atoms with van der Waals surface area (Å²) in [5.74, 6) is 0.292. The molecule has 0 aliphatic heterocycles. The first-order valence-electron chi connectivity index (χ1n) is 6.31. The standard InChI is InChI=1S/C14H17N3O2S/c1-2-11-5-3-4-6-12(11)9-17-20(18,19)13-7-8-14(15)16-10-13/h3-8,10,17H,2,9H2,1H3,(H2,15,16). The molecule has 0 unspecified atom stereocenters. The molecule has 0 radical (unpaired) electrons. The Hall–Kier alpha value is -1.92. The normalized spacial score (nSPS) is 11.4. The average molecular weight is 291 g/mol. The van der Waals surface area contributed by atoms with E-state index in [1.54, 1.807) is 0 Å². The van der Waals surface area contributed by atoms with Crippen molar-refractivity contribution in [3.8, 4) is 0 Å². The summed E-state index contributed by atoms with van der Waals surface area (Å²) in [5.41, 5.74) is 7.55. The second kappa shape index (κ2) is 6.02. The Morgan fingerprint density at radius 3 is 2.45 bits per heavy atom. The number of aryl methyl sites for hydroxylation is 1. The third-order valence-electron chi connectivity index (χ3n) is 3.02. The fourth-order valence-electron chi connectivity index (χ4n) is 1.88. The predicted molar refractivity (Wildman–Crippen MR) is 78.5 cm³/mol. The summed E-state index contributed by atoms with van der Waals surface area (Å²) in [7, 11) is -3.57. The third-order valence-corrected chi connectivity index (χ3v) is 4.41. The van der Waals surface area contributed by atoms with Gasteiger partial charge in [0.15, 0.2) is 0 Å². The van der Waals surface area contributed by atoms with Crippen LogP contribution in [0.25, 0.3) is 0 Å². The minimum Gasteiger partial charge on any atom is -0.384 e. The molecule has 0 atom stereocenters. The van der Waals surface area contributed by atoms with Crippen LogP contribution in [0.1, 0.15) is 18.1 Å². The molecule has 0 aliphatic carbocycles. The molecule has 2 aromatic rings. The molecule has 0 amide bonds. The number of pyridine rings is 1. The summed E-state index contributed by atoms with van der Waals surface area (Å²) in [4.78, 5) is 3.90. The van der Waals surface area contributed by atoms with Crippen molar-refractivity contribution in [1.29, 1.82) is 0 Å². The number of rotatable bonds is 5. The van der Waals surface area contributed by atoms with Gasteiger partial charge in [-0.05, 0) is 29.7 Å². The van der Waals surface area contributed by atoms with Crippen molar-refractivity contribution in [3.63, 3.8) is 0 Å². The highest BCUT2D eigenvalue weighted by molar-refractivity contribution is 7.89. The number of hydrogen-bond donors (Lipinski definition) is 2. The van der Waals surface area contributed by atoms with E-state index in [0.717, 1.165) is 17.5 Å². The molecule has 20 heavy (non-hydrogen) atoms. The molecule has 2 rings (SSSR count). The number of nitrogen functional groups attached to an aromatic ring is 1. The van der Waals surface area contributed by atoms with Crippen molar-refractivity contribution in [3.05, 3.63) is 53.7 Å². The lowest BCUT2D eigenvalue weighted by atomic mass is 10.1. The summed E-state index contributed by atoms with van der Waals surface area (Å²) in [6.45, 7) is 2.30. The van der Waals surface area contributed by atoms with Gasteiger partial charge in [0, 0.05) is 12.7 Å². The second-order valence-electron chi connectivity index (χ2n) is 4.37. The van der Waals surface area contributed by atoms with Crippen molar-refractivity contribution in [2.24, 2.45) is 0 Å². The molecule has 1 heterocycles. The van der Waals surface area contributed by atoms with E-state index < -0.39 is 10.0 Å². The number of benzene rings is 1. The number of aromatic nitrogens is 1. The lowest BCUT2D eigenvalue weighted by Gasteiger charge is -2.10. The summed E-state index contributed by atoms with van der Waals surface area (Å²) in [6.07, 6.45) is 2.12. The van der Waals surface area contributed by atoms with Crippen molar-refractivity contribution in [2.45, 2.75) is 24.8 Å². The average Bonchev–Trinajstić information content (AvgIpc) is 2.46. The largest absolute Gasteiger partial charge is 0.384 e. The van der Waals surface area contributed by atoms with Crippen molar-refractivity contribution < 1.29 is 8.42 Å². The quantitative estimate of drug-likeness (QED) is 0.878. The monoisotopic (exact) mass is 291 g/mol. The second-order valence-corrected chi connectivity index (χ2v) is 6.13. The summed E-state index contributed by atoms with van der Waals surface area (Å²) < 4.78 is 26.8. The first-order chi connectivity index (χ1) is 9.53. The number of nitrogens with two attached hydrogens (primary N) is 1. The highest BCUT2D eigenvalue weighted by atomic mass is 32.2. The Morgan fingerprint density at radius 2 is 1.85 bits per heavy atom. The third kappa shape index (κ3) is 3.34. The zero-order chi connectivity index (χ0) is 14.6. The minimum absolute atomic E-state index is 0.112. The Labute approximate surface area is 118 Å². The van der Waals surface area contributed by atoms with E-state index in [2.05, 4.69) is 9.71 Å². The van der Waals surface area contributed by atoms with Gasteiger partial charge in [-0.3, -0.25) is 0 Å². The van der Waals surface area contributed by atoms with Crippen LogP contribution in [0.5, 0.6) is 0 Å². The Kier molecular flexibility index (Phi) is 4.36. The topological polar surface area (TPSA) is 85.1 Å². The van der Waals surface area contributed by atoms with Gasteiger partial charge >= 0.3 is 0 Å². The molecule has 0 bridgehead atoms. The van der Waals surface area contributed by atoms with Gasteiger partial charge in [0.05, 0.1) is 0 Å². The molecular formula is C14H17N3O2S. The van der Waals surface area contributed by atoms with Gasteiger partial charge < -0.3 is 5.73 Å². The number of anilines is 1. The van der Waals surface area contributed by atoms with Crippen LogP contribution in [0.3, 0.4) is 0 Å². The number of nitrogens with one attached hydrogen (secondary N) is 1. The summed E-state index contributed by atoms with van der Waals surface area (Å²) in [6, 6.07) is 10.7. The molecule has 3 N–H and O–H groups in total. The maximum atomic E-state index is 12.1. The molecule has 0 saturated carbocycles. The Balaban J connectivity index is 2.15. The van der Waals surface area contributed by atoms with Crippen LogP contribution in [0.15, 0.2) is 47.5 Å². The number of nitrogens with zero attached hydrogens (tertiary/aromatic N) is 1. The molecule has 1 aromatic carbocycles. The molecule has 106 valence electrons. The van der Waals surface area contributed by atoms with E-state index in [4.69, 9.17) is 5.73 Å². The maximum absolute atomic E-state index is 12.1. The highest BCUT2D eigenvalue weighted by Crippen LogP contribution is 2.12. The van der Waals surface area contributed by atoms with E-state index in [0.29, 0.717) is 5.82 Å². The van der Waals surface area contributed by atoms with E-state index in [-0.39, 0.29) is 11.4 Å². The van der Waals surface area contributed by atoms with E-state index in [1.807, 2.05) is 31.2 Å². The molecule has 0 fully saturated rings. The first-order valence-corrected chi connectivity index (χ1v) is 7.79. The van der Waals surface area contributed by atoms with Gasteiger partial charge in [0.1, 0.15) is 10.7 Å². The van der Waals surface area contributed by atoms with Crippen LogP contribution in [-0.4, -0.2) is 13.4 Å². The molecule has 0 aliphatic rings. The summed E-state index contributed by atoms with van der Waals surface area (Å²) in [5, 5.41) is 0. The Morgan fingerprint density at radius 1 is 1.15 bits per heavy atom. The molecule has 1 aromatic heterocycles. The van der Waals surface area contributed by atoms with E-state index in [9.17, 15) is 8.42 Å². The fraction of sp³-hybridized carbons (Fsp3) is 0.214. The minimum atomic E-state index is -3.57.